The molecule has 0 saturated heterocycles. The van der Waals surface area contributed by atoms with E-state index in [-0.39, 0.29) is 36.1 Å². The van der Waals surface area contributed by atoms with Crippen LogP contribution >= 0.6 is 24.0 Å². The van der Waals surface area contributed by atoms with Crippen LogP contribution in [0.15, 0.2) is 23.5 Å². The third-order valence-corrected chi connectivity index (χ3v) is 4.84. The molecule has 1 aliphatic rings. The molecule has 1 aliphatic carbocycles. The average molecular weight is 517 g/mol. The number of hydrogen-bond donors (Lipinski definition) is 3. The molecule has 2 rings (SSSR count). The van der Waals surface area contributed by atoms with Crippen molar-refractivity contribution in [2.75, 3.05) is 13.6 Å². The van der Waals surface area contributed by atoms with Gasteiger partial charge in [-0.2, -0.15) is 0 Å². The van der Waals surface area contributed by atoms with Crippen molar-refractivity contribution in [2.45, 2.75) is 77.5 Å². The Morgan fingerprint density at radius 3 is 2.38 bits per heavy atom. The summed E-state index contributed by atoms with van der Waals surface area (Å²) in [5.41, 5.74) is 2.05. The number of aliphatic imine (C=N–C) groups is 1. The lowest BCUT2D eigenvalue weighted by Crippen LogP contribution is -2.48. The van der Waals surface area contributed by atoms with Crippen LogP contribution in [-0.4, -0.2) is 48.3 Å². The standard InChI is InChI=1S/C21H35N5O2.HI/c1-15-14-23-12-10-16(15)11-13-24-19(22-5)25-17-6-8-18(9-7-17)26-20(27)28-21(2,3)4;/h10,12,14,17-18H,6-9,11,13H2,1-5H3,(H,26,27)(H2,22,24,25);1H. The van der Waals surface area contributed by atoms with Gasteiger partial charge in [0.05, 0.1) is 0 Å². The van der Waals surface area contributed by atoms with E-state index in [0.29, 0.717) is 6.04 Å². The van der Waals surface area contributed by atoms with E-state index in [2.05, 4.69) is 38.9 Å². The van der Waals surface area contributed by atoms with E-state index in [1.807, 2.05) is 33.2 Å². The fraction of sp³-hybridized carbons (Fsp3) is 0.667. The van der Waals surface area contributed by atoms with Crippen molar-refractivity contribution < 1.29 is 9.53 Å². The minimum absolute atomic E-state index is 0. The highest BCUT2D eigenvalue weighted by Gasteiger charge is 2.25. The zero-order valence-electron chi connectivity index (χ0n) is 18.2. The quantitative estimate of drug-likeness (QED) is 0.316. The lowest BCUT2D eigenvalue weighted by Gasteiger charge is -2.31. The topological polar surface area (TPSA) is 87.6 Å². The van der Waals surface area contributed by atoms with E-state index in [9.17, 15) is 4.79 Å². The van der Waals surface area contributed by atoms with Gasteiger partial charge in [0.1, 0.15) is 5.60 Å². The van der Waals surface area contributed by atoms with Gasteiger partial charge in [0.25, 0.3) is 0 Å². The molecule has 1 fully saturated rings. The molecule has 0 radical (unpaired) electrons. The Hall–Kier alpha value is -1.58. The number of guanidine groups is 1. The van der Waals surface area contributed by atoms with Crippen LogP contribution < -0.4 is 16.0 Å². The molecule has 1 aromatic heterocycles. The van der Waals surface area contributed by atoms with Crippen LogP contribution in [0.25, 0.3) is 0 Å². The first-order chi connectivity index (χ1) is 13.3. The molecule has 164 valence electrons. The van der Waals surface area contributed by atoms with E-state index in [1.165, 1.54) is 11.1 Å². The second-order valence-electron chi connectivity index (χ2n) is 8.39. The molecule has 29 heavy (non-hydrogen) atoms. The molecule has 0 aromatic carbocycles. The summed E-state index contributed by atoms with van der Waals surface area (Å²) in [6, 6.07) is 2.61. The van der Waals surface area contributed by atoms with Gasteiger partial charge in [-0.05, 0) is 77.0 Å². The van der Waals surface area contributed by atoms with Crippen molar-refractivity contribution >= 4 is 36.0 Å². The number of pyridine rings is 1. The molecule has 1 saturated carbocycles. The summed E-state index contributed by atoms with van der Waals surface area (Å²) in [5, 5.41) is 9.87. The van der Waals surface area contributed by atoms with E-state index >= 15 is 0 Å². The van der Waals surface area contributed by atoms with Crippen molar-refractivity contribution in [3.05, 3.63) is 29.6 Å². The van der Waals surface area contributed by atoms with Crippen molar-refractivity contribution in [3.8, 4) is 0 Å². The number of aryl methyl sites for hydroxylation is 1. The number of nitrogens with zero attached hydrogens (tertiary/aromatic N) is 2. The van der Waals surface area contributed by atoms with E-state index in [0.717, 1.165) is 44.6 Å². The molecule has 0 aliphatic heterocycles. The molecule has 3 N–H and O–H groups in total. The molecule has 1 amide bonds. The van der Waals surface area contributed by atoms with Crippen LogP contribution in [-0.2, 0) is 11.2 Å². The molecular formula is C21H36IN5O2. The molecular weight excluding hydrogens is 481 g/mol. The zero-order chi connectivity index (χ0) is 20.6. The first-order valence-corrected chi connectivity index (χ1v) is 10.1. The van der Waals surface area contributed by atoms with Gasteiger partial charge in [0.15, 0.2) is 5.96 Å². The predicted molar refractivity (Wildman–Crippen MR) is 128 cm³/mol. The number of aromatic nitrogens is 1. The minimum Gasteiger partial charge on any atom is -0.444 e. The van der Waals surface area contributed by atoms with Gasteiger partial charge in [0, 0.05) is 38.1 Å². The lowest BCUT2D eigenvalue weighted by molar-refractivity contribution is 0.0490. The van der Waals surface area contributed by atoms with Crippen molar-refractivity contribution in [1.29, 1.82) is 0 Å². The Kier molecular flexibility index (Phi) is 10.7. The average Bonchev–Trinajstić information content (AvgIpc) is 2.62. The lowest BCUT2D eigenvalue weighted by atomic mass is 9.91. The van der Waals surface area contributed by atoms with E-state index in [4.69, 9.17) is 4.74 Å². The summed E-state index contributed by atoms with van der Waals surface area (Å²) in [5.74, 6) is 0.829. The smallest absolute Gasteiger partial charge is 0.407 e. The Morgan fingerprint density at radius 2 is 1.83 bits per heavy atom. The van der Waals surface area contributed by atoms with Gasteiger partial charge in [-0.1, -0.05) is 0 Å². The van der Waals surface area contributed by atoms with Crippen LogP contribution in [0, 0.1) is 6.92 Å². The van der Waals surface area contributed by atoms with E-state index in [1.54, 1.807) is 7.05 Å². The summed E-state index contributed by atoms with van der Waals surface area (Å²) >= 11 is 0. The maximum absolute atomic E-state index is 11.9. The van der Waals surface area contributed by atoms with Crippen LogP contribution in [0.5, 0.6) is 0 Å². The normalized spacial score (nSPS) is 19.7. The van der Waals surface area contributed by atoms with Crippen LogP contribution in [0.2, 0.25) is 0 Å². The number of alkyl carbamates (subject to hydrolysis) is 1. The van der Waals surface area contributed by atoms with Gasteiger partial charge in [-0.15, -0.1) is 24.0 Å². The largest absolute Gasteiger partial charge is 0.444 e. The summed E-state index contributed by atoms with van der Waals surface area (Å²) in [6.07, 6.45) is 8.18. The van der Waals surface area contributed by atoms with Crippen LogP contribution in [0.4, 0.5) is 4.79 Å². The Labute approximate surface area is 191 Å². The molecule has 0 bridgehead atoms. The van der Waals surface area contributed by atoms with Gasteiger partial charge in [-0.25, -0.2) is 4.79 Å². The van der Waals surface area contributed by atoms with Crippen molar-refractivity contribution in [2.24, 2.45) is 4.99 Å². The number of hydrogen-bond acceptors (Lipinski definition) is 4. The molecule has 8 heteroatoms. The van der Waals surface area contributed by atoms with Crippen LogP contribution in [0.1, 0.15) is 57.6 Å². The number of rotatable bonds is 5. The molecule has 0 atom stereocenters. The SMILES string of the molecule is CN=C(NCCc1ccncc1C)NC1CCC(NC(=O)OC(C)(C)C)CC1.I. The fourth-order valence-corrected chi connectivity index (χ4v) is 3.34. The molecule has 1 aromatic rings. The number of carbonyl (C=O) groups excluding carboxylic acids is 1. The number of ether oxygens (including phenoxy) is 1. The summed E-state index contributed by atoms with van der Waals surface area (Å²) in [6.45, 7) is 8.53. The highest BCUT2D eigenvalue weighted by atomic mass is 127. The second kappa shape index (κ2) is 12.2. The number of amides is 1. The van der Waals surface area contributed by atoms with E-state index < -0.39 is 5.60 Å². The second-order valence-corrected chi connectivity index (χ2v) is 8.39. The maximum Gasteiger partial charge on any atom is 0.407 e. The first kappa shape index (κ1) is 25.5. The molecule has 0 spiro atoms. The fourth-order valence-electron chi connectivity index (χ4n) is 3.34. The Balaban J connectivity index is 0.00000420. The maximum atomic E-state index is 11.9. The molecule has 1 heterocycles. The minimum atomic E-state index is -0.462. The Morgan fingerprint density at radius 1 is 1.21 bits per heavy atom. The zero-order valence-corrected chi connectivity index (χ0v) is 20.6. The Bertz CT molecular complexity index is 667. The third kappa shape index (κ3) is 9.64. The predicted octanol–water partition coefficient (Wildman–Crippen LogP) is 3.55. The van der Waals surface area contributed by atoms with Gasteiger partial charge < -0.3 is 20.7 Å². The molecule has 7 nitrogen and oxygen atoms in total. The third-order valence-electron chi connectivity index (χ3n) is 4.84. The number of nitrogens with one attached hydrogen (secondary N) is 3. The molecule has 0 unspecified atom stereocenters. The number of carbonyl (C=O) groups is 1. The summed E-state index contributed by atoms with van der Waals surface area (Å²) < 4.78 is 5.34. The van der Waals surface area contributed by atoms with Crippen molar-refractivity contribution in [1.82, 2.24) is 20.9 Å². The highest BCUT2D eigenvalue weighted by molar-refractivity contribution is 14.0. The summed E-state index contributed by atoms with van der Waals surface area (Å²) in [4.78, 5) is 20.4. The first-order valence-electron chi connectivity index (χ1n) is 10.1. The van der Waals surface area contributed by atoms with Gasteiger partial charge in [-0.3, -0.25) is 9.98 Å². The van der Waals surface area contributed by atoms with Crippen LogP contribution in [0.3, 0.4) is 0 Å². The van der Waals surface area contributed by atoms with Crippen molar-refractivity contribution in [3.63, 3.8) is 0 Å². The highest BCUT2D eigenvalue weighted by Crippen LogP contribution is 2.19. The summed E-state index contributed by atoms with van der Waals surface area (Å²) in [7, 11) is 1.79. The monoisotopic (exact) mass is 517 g/mol. The van der Waals surface area contributed by atoms with Gasteiger partial charge in [0.2, 0.25) is 0 Å². The number of halogens is 1. The van der Waals surface area contributed by atoms with Gasteiger partial charge >= 0.3 is 6.09 Å².